The topological polar surface area (TPSA) is 214 Å². The van der Waals surface area contributed by atoms with Crippen LogP contribution in [0, 0.1) is 6.92 Å². The molecule has 0 radical (unpaired) electrons. The molecule has 5 atom stereocenters. The molecule has 3 rings (SSSR count). The fourth-order valence-corrected chi connectivity index (χ4v) is 4.43. The normalized spacial score (nSPS) is 24.5. The molecule has 2 aromatic heterocycles. The Balaban J connectivity index is 1.67. The van der Waals surface area contributed by atoms with E-state index in [0.717, 1.165) is 0 Å². The minimum absolute atomic E-state index is 0.0216. The Bertz CT molecular complexity index is 1060. The van der Waals surface area contributed by atoms with Crippen LogP contribution in [0.2, 0.25) is 0 Å². The number of aliphatic hydroxyl groups is 2. The highest BCUT2D eigenvalue weighted by molar-refractivity contribution is 7.52. The van der Waals surface area contributed by atoms with Crippen LogP contribution in [0.1, 0.15) is 35.8 Å². The Morgan fingerprint density at radius 2 is 2.00 bits per heavy atom. The summed E-state index contributed by atoms with van der Waals surface area (Å²) >= 11 is 0. The summed E-state index contributed by atoms with van der Waals surface area (Å²) in [6.45, 7) is 4.10. The molecule has 1 aliphatic heterocycles. The number of anilines is 1. The number of hydrogen-bond acceptors (Lipinski definition) is 11. The molecule has 1 saturated heterocycles. The molecule has 0 saturated carbocycles. The first-order valence-electron chi connectivity index (χ1n) is 10.6. The fourth-order valence-electron chi connectivity index (χ4n) is 3.60. The van der Waals surface area contributed by atoms with E-state index < -0.39 is 44.4 Å². The van der Waals surface area contributed by atoms with Gasteiger partial charge in [-0.3, -0.25) is 9.36 Å². The van der Waals surface area contributed by atoms with Crippen molar-refractivity contribution in [2.45, 2.75) is 44.8 Å². The summed E-state index contributed by atoms with van der Waals surface area (Å²) in [5, 5.41) is 21.2. The van der Waals surface area contributed by atoms with Crippen molar-refractivity contribution < 1.29 is 43.2 Å². The van der Waals surface area contributed by atoms with Gasteiger partial charge in [0.25, 0.3) is 5.91 Å². The number of aliphatic hydroxyl groups excluding tert-OH is 2. The zero-order chi connectivity index (χ0) is 25.0. The van der Waals surface area contributed by atoms with Crippen LogP contribution < -0.4 is 11.5 Å². The van der Waals surface area contributed by atoms with E-state index in [1.807, 2.05) is 6.92 Å². The van der Waals surface area contributed by atoms with Gasteiger partial charge in [-0.05, 0) is 20.3 Å². The van der Waals surface area contributed by atoms with Crippen LogP contribution in [0.4, 0.5) is 5.82 Å². The number of hydrogen-bond donors (Lipinski definition) is 5. The third-order valence-corrected chi connectivity index (χ3v) is 6.25. The van der Waals surface area contributed by atoms with Gasteiger partial charge < -0.3 is 49.9 Å². The summed E-state index contributed by atoms with van der Waals surface area (Å²) in [5.41, 5.74) is 11.6. The van der Waals surface area contributed by atoms with E-state index in [2.05, 4.69) is 9.97 Å². The van der Waals surface area contributed by atoms with Gasteiger partial charge in [0.15, 0.2) is 6.23 Å². The van der Waals surface area contributed by atoms with Gasteiger partial charge in [-0.25, -0.2) is 9.97 Å². The number of aryl methyl sites for hydroxylation is 1. The van der Waals surface area contributed by atoms with E-state index in [0.29, 0.717) is 25.5 Å². The molecule has 3 heterocycles. The third-order valence-electron chi connectivity index (χ3n) is 5.16. The Hall–Kier alpha value is -2.16. The SMILES string of the molecule is CCOCCCOP(=O)(O)COCC1OC(n2cc(C(N)=O)c3c(N)nc(C)nc32)C(O)C1O. The second kappa shape index (κ2) is 11.1. The van der Waals surface area contributed by atoms with Gasteiger partial charge in [0.2, 0.25) is 0 Å². The molecular weight excluding hydrogens is 473 g/mol. The van der Waals surface area contributed by atoms with E-state index in [9.17, 15) is 24.5 Å². The molecule has 0 aromatic carbocycles. The van der Waals surface area contributed by atoms with Crippen molar-refractivity contribution in [2.24, 2.45) is 5.73 Å². The lowest BCUT2D eigenvalue weighted by molar-refractivity contribution is -0.0614. The number of fused-ring (bicyclic) bond motifs is 1. The van der Waals surface area contributed by atoms with Crippen molar-refractivity contribution in [2.75, 3.05) is 38.5 Å². The van der Waals surface area contributed by atoms with E-state index in [4.69, 9.17) is 30.2 Å². The van der Waals surface area contributed by atoms with Gasteiger partial charge in [-0.2, -0.15) is 0 Å². The highest BCUT2D eigenvalue weighted by Gasteiger charge is 2.45. The number of ether oxygens (including phenoxy) is 3. The van der Waals surface area contributed by atoms with Crippen molar-refractivity contribution >= 4 is 30.4 Å². The largest absolute Gasteiger partial charge is 0.387 e. The molecular formula is C19H30N5O9P. The van der Waals surface area contributed by atoms with Crippen molar-refractivity contribution in [1.29, 1.82) is 0 Å². The van der Waals surface area contributed by atoms with Crippen LogP contribution in [0.3, 0.4) is 0 Å². The van der Waals surface area contributed by atoms with Gasteiger partial charge in [0.1, 0.15) is 41.9 Å². The summed E-state index contributed by atoms with van der Waals surface area (Å²) in [6, 6.07) is 0. The van der Waals surface area contributed by atoms with E-state index in [-0.39, 0.29) is 35.6 Å². The molecule has 7 N–H and O–H groups in total. The summed E-state index contributed by atoms with van der Waals surface area (Å²) in [5.74, 6) is -0.438. The average molecular weight is 503 g/mol. The Morgan fingerprint density at radius 1 is 1.26 bits per heavy atom. The Kier molecular flexibility index (Phi) is 8.60. The number of nitrogens with zero attached hydrogens (tertiary/aromatic N) is 3. The van der Waals surface area contributed by atoms with E-state index >= 15 is 0 Å². The van der Waals surface area contributed by atoms with E-state index in [1.54, 1.807) is 6.92 Å². The second-order valence-corrected chi connectivity index (χ2v) is 9.53. The minimum atomic E-state index is -4.02. The lowest BCUT2D eigenvalue weighted by atomic mass is 10.1. The van der Waals surface area contributed by atoms with Crippen molar-refractivity contribution in [1.82, 2.24) is 14.5 Å². The molecule has 0 spiro atoms. The molecule has 14 nitrogen and oxygen atoms in total. The predicted octanol–water partition coefficient (Wildman–Crippen LogP) is -0.357. The summed E-state index contributed by atoms with van der Waals surface area (Å²) in [7, 11) is -4.02. The zero-order valence-corrected chi connectivity index (χ0v) is 19.8. The van der Waals surface area contributed by atoms with Crippen LogP contribution in [-0.2, 0) is 23.3 Å². The predicted molar refractivity (Wildman–Crippen MR) is 119 cm³/mol. The molecule has 5 unspecified atom stereocenters. The number of nitrogen functional groups attached to an aromatic ring is 1. The van der Waals surface area contributed by atoms with Crippen molar-refractivity contribution in [3.63, 3.8) is 0 Å². The van der Waals surface area contributed by atoms with Gasteiger partial charge in [-0.15, -0.1) is 0 Å². The zero-order valence-electron chi connectivity index (χ0n) is 18.9. The van der Waals surface area contributed by atoms with Crippen LogP contribution in [0.15, 0.2) is 6.20 Å². The van der Waals surface area contributed by atoms with Crippen LogP contribution in [-0.4, -0.2) is 86.6 Å². The first-order valence-corrected chi connectivity index (χ1v) is 12.4. The molecule has 1 fully saturated rings. The van der Waals surface area contributed by atoms with Gasteiger partial charge >= 0.3 is 7.60 Å². The van der Waals surface area contributed by atoms with Crippen molar-refractivity contribution in [3.8, 4) is 0 Å². The Morgan fingerprint density at radius 3 is 2.68 bits per heavy atom. The number of amides is 1. The number of primary amides is 1. The van der Waals surface area contributed by atoms with Gasteiger partial charge in [-0.1, -0.05) is 0 Å². The molecule has 0 aliphatic carbocycles. The van der Waals surface area contributed by atoms with Crippen LogP contribution >= 0.6 is 7.60 Å². The van der Waals surface area contributed by atoms with Crippen LogP contribution in [0.5, 0.6) is 0 Å². The molecule has 2 aromatic rings. The molecule has 190 valence electrons. The second-order valence-electron chi connectivity index (χ2n) is 7.74. The molecule has 34 heavy (non-hydrogen) atoms. The van der Waals surface area contributed by atoms with Crippen LogP contribution in [0.25, 0.3) is 11.0 Å². The number of rotatable bonds is 12. The quantitative estimate of drug-likeness (QED) is 0.185. The first kappa shape index (κ1) is 26.4. The van der Waals surface area contributed by atoms with Crippen molar-refractivity contribution in [3.05, 3.63) is 17.6 Å². The molecule has 15 heteroatoms. The smallest absolute Gasteiger partial charge is 0.353 e. The molecule has 1 aliphatic rings. The fraction of sp³-hybridized carbons (Fsp3) is 0.632. The van der Waals surface area contributed by atoms with Gasteiger partial charge in [0.05, 0.1) is 24.2 Å². The lowest BCUT2D eigenvalue weighted by Gasteiger charge is -2.18. The highest BCUT2D eigenvalue weighted by Crippen LogP contribution is 2.42. The minimum Gasteiger partial charge on any atom is -0.387 e. The average Bonchev–Trinajstić information content (AvgIpc) is 3.26. The van der Waals surface area contributed by atoms with E-state index in [1.165, 1.54) is 10.8 Å². The maximum Gasteiger partial charge on any atom is 0.353 e. The number of nitrogens with two attached hydrogens (primary N) is 2. The van der Waals surface area contributed by atoms with Gasteiger partial charge in [0, 0.05) is 19.4 Å². The Labute approximate surface area is 195 Å². The summed E-state index contributed by atoms with van der Waals surface area (Å²) in [6.07, 6.45) is -3.91. The highest BCUT2D eigenvalue weighted by atomic mass is 31.2. The third kappa shape index (κ3) is 5.90. The number of carbonyl (C=O) groups is 1. The lowest BCUT2D eigenvalue weighted by Crippen LogP contribution is -2.34. The summed E-state index contributed by atoms with van der Waals surface area (Å²) in [4.78, 5) is 30.1. The number of carbonyl (C=O) groups excluding carboxylic acids is 1. The first-order chi connectivity index (χ1) is 16.1. The monoisotopic (exact) mass is 503 g/mol. The molecule has 0 bridgehead atoms. The standard InChI is InChI=1S/C19H30N5O9P/c1-3-30-5-4-6-32-34(28,29)9-31-8-12-14(25)15(26)19(33-12)24-7-11(17(21)27)13-16(20)22-10(2)23-18(13)24/h7,12,14-15,19,25-26H,3-6,8-9H2,1-2H3,(H2,21,27)(H,28,29)(H2,20,22,23). The number of aromatic nitrogens is 3. The summed E-state index contributed by atoms with van der Waals surface area (Å²) < 4.78 is 34.5. The maximum atomic E-state index is 12.1. The molecule has 1 amide bonds. The maximum absolute atomic E-state index is 12.1.